The van der Waals surface area contributed by atoms with E-state index in [-0.39, 0.29) is 6.61 Å². The summed E-state index contributed by atoms with van der Waals surface area (Å²) in [6.07, 6.45) is 0.636. The van der Waals surface area contributed by atoms with Crippen LogP contribution in [-0.4, -0.2) is 10.1 Å². The molecule has 19 heavy (non-hydrogen) atoms. The summed E-state index contributed by atoms with van der Waals surface area (Å²) < 4.78 is 37.1. The summed E-state index contributed by atoms with van der Waals surface area (Å²) in [6, 6.07) is 4.89. The standard InChI is InChI=1S/C13H10F3NOS/c14-13(15,16)10-4-1-9(2-5-10)3-6-12-17-7-11(8-18)19-12/h1-7,18H,8H2/b6-3+. The van der Waals surface area contributed by atoms with Gasteiger partial charge in [0.15, 0.2) is 0 Å². The highest BCUT2D eigenvalue weighted by Crippen LogP contribution is 2.29. The van der Waals surface area contributed by atoms with Gasteiger partial charge in [-0.25, -0.2) is 4.98 Å². The molecule has 0 saturated heterocycles. The number of aliphatic hydroxyl groups excluding tert-OH is 1. The number of halogens is 3. The van der Waals surface area contributed by atoms with Crippen LogP contribution in [0.25, 0.3) is 12.2 Å². The highest BCUT2D eigenvalue weighted by molar-refractivity contribution is 7.12. The van der Waals surface area contributed by atoms with Crippen molar-refractivity contribution in [1.29, 1.82) is 0 Å². The molecule has 0 spiro atoms. The third-order valence-corrected chi connectivity index (χ3v) is 3.33. The van der Waals surface area contributed by atoms with E-state index in [0.717, 1.165) is 17.0 Å². The first-order chi connectivity index (χ1) is 8.99. The first kappa shape index (κ1) is 13.8. The quantitative estimate of drug-likeness (QED) is 0.930. The first-order valence-electron chi connectivity index (χ1n) is 5.40. The van der Waals surface area contributed by atoms with Crippen LogP contribution in [0.1, 0.15) is 21.0 Å². The Kier molecular flexibility index (Phi) is 4.01. The molecule has 2 aromatic rings. The topological polar surface area (TPSA) is 33.1 Å². The van der Waals surface area contributed by atoms with E-state index in [2.05, 4.69) is 4.98 Å². The Morgan fingerprint density at radius 1 is 1.16 bits per heavy atom. The van der Waals surface area contributed by atoms with Crippen LogP contribution in [0.4, 0.5) is 13.2 Å². The molecule has 0 aliphatic heterocycles. The van der Waals surface area contributed by atoms with Gasteiger partial charge in [-0.05, 0) is 23.8 Å². The number of rotatable bonds is 3. The summed E-state index contributed by atoms with van der Waals surface area (Å²) in [4.78, 5) is 4.79. The molecule has 0 aliphatic carbocycles. The molecule has 0 bridgehead atoms. The van der Waals surface area contributed by atoms with Crippen molar-refractivity contribution >= 4 is 23.5 Å². The Morgan fingerprint density at radius 3 is 2.37 bits per heavy atom. The minimum absolute atomic E-state index is 0.0637. The van der Waals surface area contributed by atoms with Gasteiger partial charge in [0.25, 0.3) is 0 Å². The zero-order valence-electron chi connectivity index (χ0n) is 9.69. The molecule has 0 saturated carbocycles. The third kappa shape index (κ3) is 3.65. The van der Waals surface area contributed by atoms with Crippen molar-refractivity contribution in [2.24, 2.45) is 0 Å². The van der Waals surface area contributed by atoms with E-state index in [1.807, 2.05) is 0 Å². The van der Waals surface area contributed by atoms with E-state index in [4.69, 9.17) is 5.11 Å². The van der Waals surface area contributed by atoms with E-state index in [9.17, 15) is 13.2 Å². The highest BCUT2D eigenvalue weighted by atomic mass is 32.1. The van der Waals surface area contributed by atoms with E-state index in [1.165, 1.54) is 23.5 Å². The highest BCUT2D eigenvalue weighted by Gasteiger charge is 2.29. The lowest BCUT2D eigenvalue weighted by atomic mass is 10.1. The van der Waals surface area contributed by atoms with Crippen LogP contribution in [0, 0.1) is 0 Å². The molecule has 0 aliphatic rings. The Morgan fingerprint density at radius 2 is 1.84 bits per heavy atom. The molecule has 0 amide bonds. The first-order valence-corrected chi connectivity index (χ1v) is 6.21. The van der Waals surface area contributed by atoms with Crippen molar-refractivity contribution in [3.63, 3.8) is 0 Å². The summed E-state index contributed by atoms with van der Waals surface area (Å²) in [6.45, 7) is -0.0637. The largest absolute Gasteiger partial charge is 0.416 e. The van der Waals surface area contributed by atoms with E-state index < -0.39 is 11.7 Å². The zero-order chi connectivity index (χ0) is 13.9. The molecule has 0 atom stereocenters. The summed E-state index contributed by atoms with van der Waals surface area (Å²) >= 11 is 1.33. The van der Waals surface area contributed by atoms with Crippen LogP contribution in [-0.2, 0) is 12.8 Å². The molecule has 100 valence electrons. The predicted octanol–water partition coefficient (Wildman–Crippen LogP) is 3.82. The molecule has 1 N–H and O–H groups in total. The predicted molar refractivity (Wildman–Crippen MR) is 68.4 cm³/mol. The van der Waals surface area contributed by atoms with Gasteiger partial charge in [-0.15, -0.1) is 11.3 Å². The average Bonchev–Trinajstić information content (AvgIpc) is 2.84. The number of aromatic nitrogens is 1. The van der Waals surface area contributed by atoms with Crippen LogP contribution in [0.5, 0.6) is 0 Å². The van der Waals surface area contributed by atoms with Crippen molar-refractivity contribution in [3.8, 4) is 0 Å². The van der Waals surface area contributed by atoms with Crippen LogP contribution in [0.3, 0.4) is 0 Å². The molecule has 1 aromatic heterocycles. The number of hydrogen-bond donors (Lipinski definition) is 1. The normalized spacial score (nSPS) is 12.2. The van der Waals surface area contributed by atoms with E-state index in [0.29, 0.717) is 10.6 Å². The van der Waals surface area contributed by atoms with Crippen molar-refractivity contribution in [1.82, 2.24) is 4.98 Å². The van der Waals surface area contributed by atoms with Gasteiger partial charge in [-0.3, -0.25) is 0 Å². The summed E-state index contributed by atoms with van der Waals surface area (Å²) in [5, 5.41) is 9.58. The lowest BCUT2D eigenvalue weighted by Crippen LogP contribution is -2.03. The molecule has 2 rings (SSSR count). The van der Waals surface area contributed by atoms with Crippen molar-refractivity contribution in [2.75, 3.05) is 0 Å². The molecular formula is C13H10F3NOS. The van der Waals surface area contributed by atoms with E-state index >= 15 is 0 Å². The monoisotopic (exact) mass is 285 g/mol. The lowest BCUT2D eigenvalue weighted by Gasteiger charge is -2.05. The van der Waals surface area contributed by atoms with Gasteiger partial charge in [-0.1, -0.05) is 18.2 Å². The fourth-order valence-corrected chi connectivity index (χ4v) is 2.10. The minimum Gasteiger partial charge on any atom is -0.391 e. The number of thiazole rings is 1. The molecule has 6 heteroatoms. The van der Waals surface area contributed by atoms with Gasteiger partial charge >= 0.3 is 6.18 Å². The summed E-state index contributed by atoms with van der Waals surface area (Å²) in [7, 11) is 0. The Hall–Kier alpha value is -1.66. The van der Waals surface area contributed by atoms with Crippen LogP contribution in [0.15, 0.2) is 30.5 Å². The van der Waals surface area contributed by atoms with Crippen molar-refractivity contribution in [3.05, 3.63) is 51.5 Å². The Balaban J connectivity index is 2.11. The number of nitrogens with zero attached hydrogens (tertiary/aromatic N) is 1. The van der Waals surface area contributed by atoms with Crippen LogP contribution in [0.2, 0.25) is 0 Å². The molecule has 1 aromatic carbocycles. The SMILES string of the molecule is OCc1cnc(/C=C/c2ccc(C(F)(F)F)cc2)s1. The zero-order valence-corrected chi connectivity index (χ0v) is 10.5. The second kappa shape index (κ2) is 5.54. The maximum absolute atomic E-state index is 12.4. The van der Waals surface area contributed by atoms with Crippen molar-refractivity contribution in [2.45, 2.75) is 12.8 Å². The van der Waals surface area contributed by atoms with E-state index in [1.54, 1.807) is 18.3 Å². The number of aliphatic hydroxyl groups is 1. The maximum Gasteiger partial charge on any atom is 0.416 e. The lowest BCUT2D eigenvalue weighted by molar-refractivity contribution is -0.137. The Labute approximate surface area is 111 Å². The van der Waals surface area contributed by atoms with Crippen LogP contribution >= 0.6 is 11.3 Å². The van der Waals surface area contributed by atoms with Gasteiger partial charge in [0.1, 0.15) is 5.01 Å². The second-order valence-corrected chi connectivity index (χ2v) is 4.92. The molecular weight excluding hydrogens is 275 g/mol. The number of benzene rings is 1. The smallest absolute Gasteiger partial charge is 0.391 e. The average molecular weight is 285 g/mol. The molecule has 0 fully saturated rings. The maximum atomic E-state index is 12.4. The van der Waals surface area contributed by atoms with Gasteiger partial charge in [0, 0.05) is 6.20 Å². The number of alkyl halides is 3. The third-order valence-electron chi connectivity index (χ3n) is 2.38. The fourth-order valence-electron chi connectivity index (χ4n) is 1.42. The second-order valence-electron chi connectivity index (χ2n) is 3.78. The minimum atomic E-state index is -4.31. The van der Waals surface area contributed by atoms with Gasteiger partial charge in [-0.2, -0.15) is 13.2 Å². The summed E-state index contributed by atoms with van der Waals surface area (Å²) in [5.74, 6) is 0. The van der Waals surface area contributed by atoms with Gasteiger partial charge in [0.05, 0.1) is 17.0 Å². The van der Waals surface area contributed by atoms with Crippen LogP contribution < -0.4 is 0 Å². The van der Waals surface area contributed by atoms with Gasteiger partial charge < -0.3 is 5.11 Å². The molecule has 0 radical (unpaired) electrons. The molecule has 0 unspecified atom stereocenters. The van der Waals surface area contributed by atoms with Crippen molar-refractivity contribution < 1.29 is 18.3 Å². The van der Waals surface area contributed by atoms with Gasteiger partial charge in [0.2, 0.25) is 0 Å². The molecule has 1 heterocycles. The fraction of sp³-hybridized carbons (Fsp3) is 0.154. The Bertz CT molecular complexity index is 572. The molecule has 2 nitrogen and oxygen atoms in total. The summed E-state index contributed by atoms with van der Waals surface area (Å²) in [5.41, 5.74) is -0.00443. The number of hydrogen-bond acceptors (Lipinski definition) is 3.